The second-order valence-corrected chi connectivity index (χ2v) is 34.3. The van der Waals surface area contributed by atoms with Gasteiger partial charge in [0.05, 0.1) is 26.4 Å². The lowest BCUT2D eigenvalue weighted by Gasteiger charge is -2.21. The van der Waals surface area contributed by atoms with Gasteiger partial charge in [0, 0.05) is 19.3 Å². The first kappa shape index (κ1) is 114. The fourth-order valence-corrected chi connectivity index (χ4v) is 14.3. The third kappa shape index (κ3) is 93.5. The van der Waals surface area contributed by atoms with Crippen LogP contribution in [0.5, 0.6) is 0 Å². The molecule has 0 fully saturated rings. The number of carbonyl (C=O) groups is 3. The summed E-state index contributed by atoms with van der Waals surface area (Å²) in [5.41, 5.74) is 0. The lowest BCUT2D eigenvalue weighted by molar-refractivity contribution is -0.161. The number of phosphoric ester groups is 2. The molecule has 16 nitrogen and oxygen atoms in total. The number of allylic oxidation sites excluding steroid dienone is 28. The van der Waals surface area contributed by atoms with E-state index in [9.17, 15) is 43.5 Å². The Morgan fingerprint density at radius 3 is 0.706 bits per heavy atom. The monoisotopic (exact) mass is 1700 g/mol. The number of ether oxygens (including phenoxy) is 3. The van der Waals surface area contributed by atoms with Crippen molar-refractivity contribution in [1.29, 1.82) is 0 Å². The molecule has 682 valence electrons. The maximum Gasteiger partial charge on any atom is 0.472 e. The van der Waals surface area contributed by atoms with Gasteiger partial charge in [0.1, 0.15) is 25.4 Å². The molecular formula is C101H172O16P2. The van der Waals surface area contributed by atoms with Crippen LogP contribution in [-0.2, 0) is 55.8 Å². The zero-order valence-corrected chi connectivity index (χ0v) is 77.0. The molecule has 0 radical (unpaired) electrons. The van der Waals surface area contributed by atoms with Gasteiger partial charge in [0.2, 0.25) is 0 Å². The predicted octanol–water partition coefficient (Wildman–Crippen LogP) is 29.4. The van der Waals surface area contributed by atoms with E-state index in [-0.39, 0.29) is 19.3 Å². The van der Waals surface area contributed by atoms with E-state index in [1.165, 1.54) is 167 Å². The molecule has 119 heavy (non-hydrogen) atoms. The third-order valence-corrected chi connectivity index (χ3v) is 21.8. The van der Waals surface area contributed by atoms with Gasteiger partial charge in [0.15, 0.2) is 6.10 Å². The molecule has 0 aromatic heterocycles. The van der Waals surface area contributed by atoms with Crippen molar-refractivity contribution >= 4 is 33.6 Å². The minimum atomic E-state index is -4.95. The molecule has 0 heterocycles. The molecular weight excluding hydrogens is 1530 g/mol. The smallest absolute Gasteiger partial charge is 0.463 e. The van der Waals surface area contributed by atoms with E-state index in [1.807, 2.05) is 0 Å². The van der Waals surface area contributed by atoms with Crippen molar-refractivity contribution in [2.45, 2.75) is 411 Å². The minimum Gasteiger partial charge on any atom is -0.463 e. The molecule has 0 aliphatic heterocycles. The largest absolute Gasteiger partial charge is 0.472 e. The number of carbonyl (C=O) groups excluding carboxylic acids is 3. The molecule has 0 aromatic carbocycles. The molecule has 0 saturated carbocycles. The van der Waals surface area contributed by atoms with Gasteiger partial charge in [-0.15, -0.1) is 0 Å². The quantitative estimate of drug-likeness (QED) is 0.0146. The molecule has 5 atom stereocenters. The zero-order chi connectivity index (χ0) is 86.5. The zero-order valence-electron chi connectivity index (χ0n) is 75.2. The van der Waals surface area contributed by atoms with Crippen LogP contribution in [0.3, 0.4) is 0 Å². The van der Waals surface area contributed by atoms with E-state index >= 15 is 0 Å². The number of phosphoric acid groups is 2. The van der Waals surface area contributed by atoms with E-state index in [4.69, 9.17) is 32.3 Å². The van der Waals surface area contributed by atoms with Gasteiger partial charge >= 0.3 is 33.6 Å². The van der Waals surface area contributed by atoms with Crippen LogP contribution in [0.4, 0.5) is 0 Å². The molecule has 0 amide bonds. The summed E-state index contributed by atoms with van der Waals surface area (Å²) < 4.78 is 61.5. The Hall–Kier alpha value is -5.09. The summed E-state index contributed by atoms with van der Waals surface area (Å²) >= 11 is 0. The number of aliphatic hydroxyl groups is 2. The molecule has 0 aliphatic rings. The van der Waals surface area contributed by atoms with Crippen LogP contribution in [0.2, 0.25) is 0 Å². The summed E-state index contributed by atoms with van der Waals surface area (Å²) in [6.07, 6.45) is 120. The first-order valence-corrected chi connectivity index (χ1v) is 50.4. The molecule has 0 rings (SSSR count). The van der Waals surface area contributed by atoms with E-state index in [0.717, 1.165) is 167 Å². The Morgan fingerprint density at radius 2 is 0.445 bits per heavy atom. The van der Waals surface area contributed by atoms with E-state index < -0.39 is 91.5 Å². The number of hydrogen-bond acceptors (Lipinski definition) is 14. The third-order valence-electron chi connectivity index (χ3n) is 19.9. The van der Waals surface area contributed by atoms with Crippen LogP contribution in [0.15, 0.2) is 170 Å². The maximum atomic E-state index is 13.1. The Labute approximate surface area is 726 Å². The van der Waals surface area contributed by atoms with Crippen molar-refractivity contribution in [2.24, 2.45) is 0 Å². The molecule has 0 spiro atoms. The summed E-state index contributed by atoms with van der Waals surface area (Å²) in [6, 6.07) is 0. The molecule has 0 saturated heterocycles. The van der Waals surface area contributed by atoms with Gasteiger partial charge in [0.25, 0.3) is 0 Å². The highest BCUT2D eigenvalue weighted by Gasteiger charge is 2.29. The average molecular weight is 1700 g/mol. The SMILES string of the molecule is CC/C=C\C/C=C\C/C=C\C/C=C\C/C=C\C/C=C\CCCCCCCCCCC(=O)OCC(COP(=O)(O)OCC(O)COP(=O)(O)OCC(O)COC(=O)CCCCCCCCCCCCCCCCC/C=C\C/C=C\C/C=C\C/C=C\CCCCC)OC(=O)CCCCCCCCCCC/C=C\C/C=C\C/C=C\C/C=C\CCCCC. The second-order valence-electron chi connectivity index (χ2n) is 31.4. The minimum absolute atomic E-state index is 0.0905. The standard InChI is InChI=1S/C101H172O16P2/c1-4-7-10-13-16-19-22-25-28-31-34-37-40-43-45-46-47-48-50-53-54-57-60-63-66-69-72-75-78-81-84-87-99(104)111-90-96(102)91-113-118(107,108)114-92-97(103)93-115-119(109,110)116-95-98(117-101(106)89-86-83-80-77-74-71-68-65-62-59-56-51-42-39-36-33-30-27-24-21-18-15-12-9-6-3)94-112-100(105)88-85-82-79-76-73-70-67-64-61-58-55-52-49-44-41-38-35-32-29-26-23-20-17-14-11-8-5-2/h8,11,16-21,25-30,34-39,43-45,49,51,55-56,58,96-98,102-103H,4-7,9-10,12-15,22-24,31-33,40-42,46-48,50,52-54,57,59-95H2,1-3H3,(H,107,108)(H,109,110)/b11-8-,19-16-,20-17-,21-18-,28-25-,29-26-,30-27-,37-34-,38-35-,39-36-,45-43-,49-44-,56-51-,58-55-. The highest BCUT2D eigenvalue weighted by atomic mass is 31.2. The van der Waals surface area contributed by atoms with E-state index in [0.29, 0.717) is 19.3 Å². The normalized spacial score (nSPS) is 14.5. The summed E-state index contributed by atoms with van der Waals surface area (Å²) in [5, 5.41) is 20.8. The van der Waals surface area contributed by atoms with Gasteiger partial charge in [-0.3, -0.25) is 32.5 Å². The summed E-state index contributed by atoms with van der Waals surface area (Å²) in [7, 11) is -9.82. The number of esters is 3. The summed E-state index contributed by atoms with van der Waals surface area (Å²) in [4.78, 5) is 59.1. The first-order chi connectivity index (χ1) is 58.2. The molecule has 0 bridgehead atoms. The van der Waals surface area contributed by atoms with Crippen molar-refractivity contribution < 1.29 is 75.8 Å². The number of aliphatic hydroxyl groups excluding tert-OH is 2. The molecule has 0 aromatic rings. The van der Waals surface area contributed by atoms with E-state index in [1.54, 1.807) is 0 Å². The number of unbranched alkanes of at least 4 members (excludes halogenated alkanes) is 38. The fourth-order valence-electron chi connectivity index (χ4n) is 12.7. The Bertz CT molecular complexity index is 2840. The van der Waals surface area contributed by atoms with Crippen LogP contribution in [0.25, 0.3) is 0 Å². The average Bonchev–Trinajstić information content (AvgIpc) is 0.902. The van der Waals surface area contributed by atoms with Gasteiger partial charge in [-0.2, -0.15) is 0 Å². The van der Waals surface area contributed by atoms with Crippen molar-refractivity contribution in [2.75, 3.05) is 39.6 Å². The molecule has 5 unspecified atom stereocenters. The van der Waals surface area contributed by atoms with E-state index in [2.05, 4.69) is 191 Å². The topological polar surface area (TPSA) is 231 Å². The van der Waals surface area contributed by atoms with Gasteiger partial charge < -0.3 is 34.2 Å². The molecule has 0 aliphatic carbocycles. The van der Waals surface area contributed by atoms with Crippen molar-refractivity contribution in [1.82, 2.24) is 0 Å². The fraction of sp³-hybridized carbons (Fsp3) is 0.693. The van der Waals surface area contributed by atoms with Crippen LogP contribution >= 0.6 is 15.6 Å². The highest BCUT2D eigenvalue weighted by molar-refractivity contribution is 7.47. The summed E-state index contributed by atoms with van der Waals surface area (Å²) in [5.74, 6) is -1.59. The Morgan fingerprint density at radius 1 is 0.244 bits per heavy atom. The first-order valence-electron chi connectivity index (χ1n) is 47.4. The van der Waals surface area contributed by atoms with Crippen LogP contribution in [0.1, 0.15) is 393 Å². The molecule has 18 heteroatoms. The van der Waals surface area contributed by atoms with Crippen LogP contribution in [-0.4, -0.2) is 95.9 Å². The number of rotatable bonds is 89. The number of hydrogen-bond donors (Lipinski definition) is 4. The lowest BCUT2D eigenvalue weighted by atomic mass is 10.0. The van der Waals surface area contributed by atoms with Gasteiger partial charge in [-0.1, -0.05) is 384 Å². The second kappa shape index (κ2) is 92.1. The van der Waals surface area contributed by atoms with Crippen molar-refractivity contribution in [3.8, 4) is 0 Å². The van der Waals surface area contributed by atoms with Crippen LogP contribution < -0.4 is 0 Å². The molecule has 4 N–H and O–H groups in total. The Kier molecular flexibility index (Phi) is 88.2. The lowest BCUT2D eigenvalue weighted by Crippen LogP contribution is -2.30. The predicted molar refractivity (Wildman–Crippen MR) is 500 cm³/mol. The van der Waals surface area contributed by atoms with Crippen LogP contribution in [0, 0.1) is 0 Å². The highest BCUT2D eigenvalue weighted by Crippen LogP contribution is 2.45. The maximum absolute atomic E-state index is 13.1. The Balaban J connectivity index is 4.64. The van der Waals surface area contributed by atoms with Crippen molar-refractivity contribution in [3.05, 3.63) is 170 Å². The van der Waals surface area contributed by atoms with Crippen molar-refractivity contribution in [3.63, 3.8) is 0 Å². The van der Waals surface area contributed by atoms with Gasteiger partial charge in [-0.25, -0.2) is 9.13 Å². The van der Waals surface area contributed by atoms with Gasteiger partial charge in [-0.05, 0) is 161 Å². The summed E-state index contributed by atoms with van der Waals surface area (Å²) in [6.45, 7) is 2.54.